The predicted octanol–water partition coefficient (Wildman–Crippen LogP) is 4.20. The monoisotopic (exact) mass is 519 g/mol. The minimum absolute atomic E-state index is 0.0297. The molecular weight excluding hydrogens is 490 g/mol. The molecule has 1 aliphatic carbocycles. The van der Waals surface area contributed by atoms with Crippen molar-refractivity contribution < 1.29 is 4.79 Å². The summed E-state index contributed by atoms with van der Waals surface area (Å²) in [7, 11) is 0. The molecule has 0 bridgehead atoms. The highest BCUT2D eigenvalue weighted by Gasteiger charge is 2.36. The van der Waals surface area contributed by atoms with E-state index in [2.05, 4.69) is 50.4 Å². The van der Waals surface area contributed by atoms with Crippen LogP contribution in [0.5, 0.6) is 0 Å². The summed E-state index contributed by atoms with van der Waals surface area (Å²) in [6, 6.07) is 18.5. The lowest BCUT2D eigenvalue weighted by molar-refractivity contribution is -0.123. The molecule has 1 heterocycles. The number of fused-ring (bicyclic) bond motifs is 2. The molecule has 1 saturated carbocycles. The van der Waals surface area contributed by atoms with Crippen LogP contribution in [-0.2, 0) is 17.8 Å². The normalized spacial score (nSPS) is 21.9. The maximum Gasteiger partial charge on any atom is 0.243 e. The van der Waals surface area contributed by atoms with Crippen LogP contribution in [0.4, 0.5) is 5.69 Å². The van der Waals surface area contributed by atoms with Gasteiger partial charge in [-0.05, 0) is 65.8 Å². The highest BCUT2D eigenvalue weighted by molar-refractivity contribution is 9.10. The summed E-state index contributed by atoms with van der Waals surface area (Å²) in [6.07, 6.45) is 4.39. The summed E-state index contributed by atoms with van der Waals surface area (Å²) >= 11 is 3.66. The zero-order chi connectivity index (χ0) is 23.8. The number of nitrogens with two attached hydrogens (primary N) is 2. The van der Waals surface area contributed by atoms with Gasteiger partial charge in [-0.2, -0.15) is 0 Å². The summed E-state index contributed by atoms with van der Waals surface area (Å²) in [4.78, 5) is 15.7. The first-order chi connectivity index (χ1) is 16.4. The topological polar surface area (TPSA) is 108 Å². The van der Waals surface area contributed by atoms with Gasteiger partial charge in [-0.1, -0.05) is 52.3 Å². The van der Waals surface area contributed by atoms with E-state index in [1.54, 1.807) is 0 Å². The average Bonchev–Trinajstić information content (AvgIpc) is 3.18. The molecule has 1 unspecified atom stereocenters. The van der Waals surface area contributed by atoms with Gasteiger partial charge in [0.05, 0.1) is 0 Å². The molecule has 1 atom stereocenters. The van der Waals surface area contributed by atoms with Gasteiger partial charge >= 0.3 is 0 Å². The number of hydrogen-bond acceptors (Lipinski definition) is 4. The molecule has 1 amide bonds. The Labute approximate surface area is 208 Å². The Morgan fingerprint density at radius 2 is 1.85 bits per heavy atom. The van der Waals surface area contributed by atoms with Gasteiger partial charge in [-0.25, -0.2) is 0 Å². The zero-order valence-corrected chi connectivity index (χ0v) is 20.6. The van der Waals surface area contributed by atoms with E-state index < -0.39 is 0 Å². The van der Waals surface area contributed by atoms with Crippen molar-refractivity contribution in [1.82, 2.24) is 5.32 Å². The van der Waals surface area contributed by atoms with Crippen molar-refractivity contribution in [3.63, 3.8) is 0 Å². The molecule has 6 N–H and O–H groups in total. The third kappa shape index (κ3) is 4.55. The Balaban J connectivity index is 1.49. The van der Waals surface area contributed by atoms with Gasteiger partial charge in [0.25, 0.3) is 0 Å². The highest BCUT2D eigenvalue weighted by Crippen LogP contribution is 2.36. The van der Waals surface area contributed by atoms with Gasteiger partial charge in [0.2, 0.25) is 5.91 Å². The fourth-order valence-corrected chi connectivity index (χ4v) is 5.84. The van der Waals surface area contributed by atoms with Gasteiger partial charge in [-0.3, -0.25) is 10.2 Å². The second-order valence-corrected chi connectivity index (χ2v) is 10.4. The largest absolute Gasteiger partial charge is 0.384 e. The van der Waals surface area contributed by atoms with Gasteiger partial charge in [0.15, 0.2) is 0 Å². The van der Waals surface area contributed by atoms with Crippen molar-refractivity contribution in [2.45, 2.75) is 56.8 Å². The van der Waals surface area contributed by atoms with Crippen LogP contribution in [0.25, 0.3) is 10.8 Å². The fraction of sp³-hybridized carbons (Fsp3) is 0.333. The number of benzene rings is 3. The number of nitrogens with one attached hydrogen (secondary N) is 2. The van der Waals surface area contributed by atoms with Crippen LogP contribution in [0.3, 0.4) is 0 Å². The van der Waals surface area contributed by atoms with Crippen molar-refractivity contribution in [3.05, 3.63) is 75.8 Å². The molecule has 0 saturated heterocycles. The van der Waals surface area contributed by atoms with Gasteiger partial charge in [0, 0.05) is 40.8 Å². The minimum atomic E-state index is -0.314. The quantitative estimate of drug-likeness (QED) is 0.299. The highest BCUT2D eigenvalue weighted by atomic mass is 79.9. The summed E-state index contributed by atoms with van der Waals surface area (Å²) in [6.45, 7) is 0.585. The molecule has 0 radical (unpaired) electrons. The molecule has 176 valence electrons. The second-order valence-electron chi connectivity index (χ2n) is 9.51. The first-order valence-electron chi connectivity index (χ1n) is 11.9. The van der Waals surface area contributed by atoms with Crippen LogP contribution in [0.15, 0.2) is 59.1 Å². The third-order valence-electron chi connectivity index (χ3n) is 7.17. The van der Waals surface area contributed by atoms with Gasteiger partial charge in [0.1, 0.15) is 11.9 Å². The standard InChI is InChI=1S/C27H30BrN5O/c28-20-11-16-3-1-2-4-23(16)19(12-20)15-33-24-14-18(26(30)31)6-5-17(24)13-25(33)27(34)32-22-9-7-21(29)8-10-22/h1-6,11-12,14,21-22,25H,7-10,13,15,29H2,(H3,30,31)(H,32,34). The number of amides is 1. The molecule has 0 spiro atoms. The lowest BCUT2D eigenvalue weighted by Gasteiger charge is -2.31. The molecule has 3 aromatic carbocycles. The van der Waals surface area contributed by atoms with E-state index in [0.29, 0.717) is 18.5 Å². The van der Waals surface area contributed by atoms with Crippen molar-refractivity contribution >= 4 is 44.1 Å². The third-order valence-corrected chi connectivity index (χ3v) is 7.63. The van der Waals surface area contributed by atoms with Crippen molar-refractivity contribution in [1.29, 1.82) is 5.41 Å². The summed E-state index contributed by atoms with van der Waals surface area (Å²) < 4.78 is 1.01. The van der Waals surface area contributed by atoms with E-state index in [0.717, 1.165) is 52.4 Å². The molecule has 5 rings (SSSR count). The Bertz CT molecular complexity index is 1250. The lowest BCUT2D eigenvalue weighted by Crippen LogP contribution is -2.49. The lowest BCUT2D eigenvalue weighted by atomic mass is 9.91. The van der Waals surface area contributed by atoms with Crippen molar-refractivity contribution in [3.8, 4) is 0 Å². The Morgan fingerprint density at radius 3 is 2.62 bits per heavy atom. The summed E-state index contributed by atoms with van der Waals surface area (Å²) in [5.74, 6) is 0.0856. The first-order valence-corrected chi connectivity index (χ1v) is 12.7. The number of amidine groups is 1. The molecule has 7 heteroatoms. The molecule has 6 nitrogen and oxygen atoms in total. The predicted molar refractivity (Wildman–Crippen MR) is 141 cm³/mol. The Hall–Kier alpha value is -2.90. The van der Waals surface area contributed by atoms with Gasteiger partial charge in [-0.15, -0.1) is 0 Å². The average molecular weight is 520 g/mol. The van der Waals surface area contributed by atoms with Crippen LogP contribution in [0.2, 0.25) is 0 Å². The number of anilines is 1. The van der Waals surface area contributed by atoms with Crippen LogP contribution in [0.1, 0.15) is 42.4 Å². The van der Waals surface area contributed by atoms with Crippen LogP contribution < -0.4 is 21.7 Å². The zero-order valence-electron chi connectivity index (χ0n) is 19.1. The van der Waals surface area contributed by atoms with Gasteiger partial charge < -0.3 is 21.7 Å². The van der Waals surface area contributed by atoms with E-state index in [1.807, 2.05) is 30.3 Å². The van der Waals surface area contributed by atoms with Crippen molar-refractivity contribution in [2.75, 3.05) is 4.90 Å². The molecule has 34 heavy (non-hydrogen) atoms. The van der Waals surface area contributed by atoms with Crippen LogP contribution >= 0.6 is 15.9 Å². The molecule has 3 aromatic rings. The molecule has 1 aliphatic heterocycles. The van der Waals surface area contributed by atoms with E-state index >= 15 is 0 Å². The molecule has 2 aliphatic rings. The summed E-state index contributed by atoms with van der Waals surface area (Å²) in [5, 5.41) is 13.5. The minimum Gasteiger partial charge on any atom is -0.384 e. The number of carbonyl (C=O) groups excluding carboxylic acids is 1. The fourth-order valence-electron chi connectivity index (χ4n) is 5.31. The molecule has 1 fully saturated rings. The number of carbonyl (C=O) groups is 1. The maximum atomic E-state index is 13.6. The van der Waals surface area contributed by atoms with E-state index in [4.69, 9.17) is 16.9 Å². The number of rotatable bonds is 5. The first kappa shape index (κ1) is 22.9. The SMILES string of the molecule is N=C(N)c1ccc2c(c1)N(Cc1cc(Br)cc3ccccc13)C(C(=O)NC1CCC(N)CC1)C2. The summed E-state index contributed by atoms with van der Waals surface area (Å²) in [5.41, 5.74) is 15.8. The number of hydrogen-bond donors (Lipinski definition) is 4. The van der Waals surface area contributed by atoms with E-state index in [9.17, 15) is 4.79 Å². The Kier molecular flexibility index (Phi) is 6.32. The maximum absolute atomic E-state index is 13.6. The number of nitrogen functional groups attached to an aromatic ring is 1. The number of nitrogens with zero attached hydrogens (tertiary/aromatic N) is 1. The van der Waals surface area contributed by atoms with Crippen LogP contribution in [-0.4, -0.2) is 29.9 Å². The van der Waals surface area contributed by atoms with E-state index in [1.165, 1.54) is 5.39 Å². The molecular formula is C27H30BrN5O. The smallest absolute Gasteiger partial charge is 0.243 e. The second kappa shape index (κ2) is 9.39. The Morgan fingerprint density at radius 1 is 1.09 bits per heavy atom. The molecule has 0 aromatic heterocycles. The van der Waals surface area contributed by atoms with Crippen LogP contribution in [0, 0.1) is 5.41 Å². The van der Waals surface area contributed by atoms with E-state index in [-0.39, 0.29) is 29.9 Å². The van der Waals surface area contributed by atoms with Crippen molar-refractivity contribution in [2.24, 2.45) is 11.5 Å². The number of halogens is 1.